The molecule has 3 N–H and O–H groups in total. The number of fused-ring (bicyclic) bond motifs is 1. The Kier molecular flexibility index (Phi) is 5.40. The molecule has 0 amide bonds. The number of hydrogen-bond donors (Lipinski definition) is 3. The van der Waals surface area contributed by atoms with Crippen LogP contribution in [0.1, 0.15) is 37.8 Å². The molecule has 2 aliphatic heterocycles. The number of pyridine rings is 2. The molecule has 1 fully saturated rings. The smallest absolute Gasteiger partial charge is 0.131 e. The summed E-state index contributed by atoms with van der Waals surface area (Å²) in [7, 11) is 2.20. The van der Waals surface area contributed by atoms with Gasteiger partial charge >= 0.3 is 0 Å². The van der Waals surface area contributed by atoms with Gasteiger partial charge in [0.25, 0.3) is 0 Å². The lowest BCUT2D eigenvalue weighted by Crippen LogP contribution is -2.33. The van der Waals surface area contributed by atoms with E-state index in [0.29, 0.717) is 0 Å². The first-order chi connectivity index (χ1) is 13.5. The van der Waals surface area contributed by atoms with Crippen molar-refractivity contribution < 1.29 is 0 Å². The largest absolute Gasteiger partial charge is 0.381 e. The van der Waals surface area contributed by atoms with Crippen molar-refractivity contribution >= 4 is 17.3 Å². The zero-order valence-electron chi connectivity index (χ0n) is 17.3. The summed E-state index contributed by atoms with van der Waals surface area (Å²) in [5.41, 5.74) is 3.68. The molecular formula is C22H32N6. The van der Waals surface area contributed by atoms with E-state index in [-0.39, 0.29) is 5.54 Å². The Labute approximate surface area is 168 Å². The number of nitrogens with zero attached hydrogens (tertiary/aromatic N) is 3. The Morgan fingerprint density at radius 2 is 1.96 bits per heavy atom. The van der Waals surface area contributed by atoms with Crippen LogP contribution in [0.25, 0.3) is 0 Å². The summed E-state index contributed by atoms with van der Waals surface area (Å²) in [6, 6.07) is 6.31. The van der Waals surface area contributed by atoms with Crippen molar-refractivity contribution in [3.63, 3.8) is 0 Å². The molecule has 6 heteroatoms. The third-order valence-corrected chi connectivity index (χ3v) is 5.85. The van der Waals surface area contributed by atoms with Crippen LogP contribution in [0.5, 0.6) is 0 Å². The van der Waals surface area contributed by atoms with Gasteiger partial charge in [0.15, 0.2) is 0 Å². The van der Waals surface area contributed by atoms with E-state index < -0.39 is 0 Å². The van der Waals surface area contributed by atoms with E-state index in [1.165, 1.54) is 37.1 Å². The first-order valence-electron chi connectivity index (χ1n) is 10.4. The summed E-state index contributed by atoms with van der Waals surface area (Å²) >= 11 is 0. The van der Waals surface area contributed by atoms with Gasteiger partial charge in [-0.2, -0.15) is 0 Å². The molecule has 0 radical (unpaired) electrons. The minimum atomic E-state index is 0.0652. The second kappa shape index (κ2) is 7.95. The molecule has 2 aromatic heterocycles. The van der Waals surface area contributed by atoms with Crippen LogP contribution in [0.2, 0.25) is 0 Å². The molecule has 0 bridgehead atoms. The molecule has 2 aliphatic rings. The van der Waals surface area contributed by atoms with Gasteiger partial charge in [-0.1, -0.05) is 6.07 Å². The first kappa shape index (κ1) is 19.0. The van der Waals surface area contributed by atoms with Crippen LogP contribution >= 0.6 is 0 Å². The van der Waals surface area contributed by atoms with Crippen molar-refractivity contribution in [2.24, 2.45) is 5.92 Å². The molecule has 4 heterocycles. The lowest BCUT2D eigenvalue weighted by atomic mass is 9.97. The van der Waals surface area contributed by atoms with E-state index in [1.54, 1.807) is 0 Å². The lowest BCUT2D eigenvalue weighted by Gasteiger charge is -2.29. The zero-order chi connectivity index (χ0) is 19.6. The van der Waals surface area contributed by atoms with Crippen LogP contribution in [0.3, 0.4) is 0 Å². The second-order valence-electron chi connectivity index (χ2n) is 8.90. The molecule has 150 valence electrons. The predicted octanol–water partition coefficient (Wildman–Crippen LogP) is 3.59. The van der Waals surface area contributed by atoms with Crippen molar-refractivity contribution in [2.45, 2.75) is 45.2 Å². The first-order valence-corrected chi connectivity index (χ1v) is 10.4. The highest BCUT2D eigenvalue weighted by Crippen LogP contribution is 2.35. The van der Waals surface area contributed by atoms with E-state index in [4.69, 9.17) is 0 Å². The molecule has 28 heavy (non-hydrogen) atoms. The summed E-state index contributed by atoms with van der Waals surface area (Å²) in [5, 5.41) is 10.6. The lowest BCUT2D eigenvalue weighted by molar-refractivity contribution is 0.226. The van der Waals surface area contributed by atoms with Gasteiger partial charge < -0.3 is 20.9 Å². The Morgan fingerprint density at radius 1 is 1.14 bits per heavy atom. The van der Waals surface area contributed by atoms with Crippen LogP contribution < -0.4 is 16.0 Å². The summed E-state index contributed by atoms with van der Waals surface area (Å²) in [5.74, 6) is 2.73. The fourth-order valence-electron chi connectivity index (χ4n) is 4.10. The molecular weight excluding hydrogens is 348 g/mol. The highest BCUT2D eigenvalue weighted by atomic mass is 15.1. The van der Waals surface area contributed by atoms with Gasteiger partial charge in [0, 0.05) is 48.7 Å². The SMILES string of the molecule is CN1CCC(CNc2ccc(CNc3ccnc4c3CC(C)(C)N4)cn2)CC1. The van der Waals surface area contributed by atoms with Crippen LogP contribution in [-0.4, -0.2) is 47.1 Å². The normalized spacial score (nSPS) is 19.1. The van der Waals surface area contributed by atoms with Gasteiger partial charge in [-0.3, -0.25) is 0 Å². The molecule has 0 aliphatic carbocycles. The molecule has 0 saturated carbocycles. The topological polar surface area (TPSA) is 65.1 Å². The minimum Gasteiger partial charge on any atom is -0.381 e. The highest BCUT2D eigenvalue weighted by molar-refractivity contribution is 5.66. The van der Waals surface area contributed by atoms with Crippen molar-refractivity contribution in [2.75, 3.05) is 42.6 Å². The Bertz CT molecular complexity index is 793. The standard InChI is InChI=1S/C22H32N6/c1-22(2)12-18-19(6-9-23-21(18)27-22)24-14-17-4-5-20(26-15-17)25-13-16-7-10-28(3)11-8-16/h4-6,9,15-16H,7-8,10-14H2,1-3H3,(H,25,26)(H2,23,24,27). The molecule has 0 spiro atoms. The molecule has 6 nitrogen and oxygen atoms in total. The van der Waals surface area contributed by atoms with Gasteiger partial charge in [-0.15, -0.1) is 0 Å². The van der Waals surface area contributed by atoms with Gasteiger partial charge in [-0.05, 0) is 70.4 Å². The maximum Gasteiger partial charge on any atom is 0.131 e. The van der Waals surface area contributed by atoms with Crippen LogP contribution in [-0.2, 0) is 13.0 Å². The number of anilines is 3. The third-order valence-electron chi connectivity index (χ3n) is 5.85. The molecule has 0 aromatic carbocycles. The average molecular weight is 381 g/mol. The summed E-state index contributed by atoms with van der Waals surface area (Å²) in [6.45, 7) is 8.61. The number of hydrogen-bond acceptors (Lipinski definition) is 6. The summed E-state index contributed by atoms with van der Waals surface area (Å²) < 4.78 is 0. The predicted molar refractivity (Wildman–Crippen MR) is 116 cm³/mol. The Morgan fingerprint density at radius 3 is 2.71 bits per heavy atom. The number of nitrogens with one attached hydrogen (secondary N) is 3. The highest BCUT2D eigenvalue weighted by Gasteiger charge is 2.30. The molecule has 0 atom stereocenters. The van der Waals surface area contributed by atoms with Gasteiger partial charge in [-0.25, -0.2) is 9.97 Å². The van der Waals surface area contributed by atoms with E-state index in [9.17, 15) is 0 Å². The molecule has 2 aromatic rings. The fourth-order valence-corrected chi connectivity index (χ4v) is 4.10. The van der Waals surface area contributed by atoms with Crippen LogP contribution in [0, 0.1) is 5.92 Å². The maximum absolute atomic E-state index is 4.60. The molecule has 1 saturated heterocycles. The maximum atomic E-state index is 4.60. The van der Waals surface area contributed by atoms with Crippen LogP contribution in [0.15, 0.2) is 30.6 Å². The third kappa shape index (κ3) is 4.55. The summed E-state index contributed by atoms with van der Waals surface area (Å²) in [6.07, 6.45) is 7.36. The molecule has 4 rings (SSSR count). The average Bonchev–Trinajstić information content (AvgIpc) is 3.01. The Balaban J connectivity index is 1.29. The van der Waals surface area contributed by atoms with E-state index >= 15 is 0 Å². The quantitative estimate of drug-likeness (QED) is 0.712. The monoisotopic (exact) mass is 380 g/mol. The van der Waals surface area contributed by atoms with E-state index in [1.807, 2.05) is 12.4 Å². The number of piperidine rings is 1. The van der Waals surface area contributed by atoms with Crippen molar-refractivity contribution in [1.29, 1.82) is 0 Å². The molecule has 0 unspecified atom stereocenters. The van der Waals surface area contributed by atoms with Crippen LogP contribution in [0.4, 0.5) is 17.3 Å². The van der Waals surface area contributed by atoms with E-state index in [2.05, 4.69) is 69.9 Å². The van der Waals surface area contributed by atoms with Gasteiger partial charge in [0.2, 0.25) is 0 Å². The van der Waals surface area contributed by atoms with Crippen molar-refractivity contribution in [3.05, 3.63) is 41.7 Å². The van der Waals surface area contributed by atoms with E-state index in [0.717, 1.165) is 42.8 Å². The van der Waals surface area contributed by atoms with Crippen molar-refractivity contribution in [1.82, 2.24) is 14.9 Å². The van der Waals surface area contributed by atoms with Gasteiger partial charge in [0.05, 0.1) is 0 Å². The number of rotatable bonds is 6. The van der Waals surface area contributed by atoms with Gasteiger partial charge in [0.1, 0.15) is 11.6 Å². The summed E-state index contributed by atoms with van der Waals surface area (Å²) in [4.78, 5) is 11.5. The second-order valence-corrected chi connectivity index (χ2v) is 8.90. The minimum absolute atomic E-state index is 0.0652. The number of likely N-dealkylation sites (tertiary alicyclic amines) is 1. The number of aromatic nitrogens is 2. The Hall–Kier alpha value is -2.34. The van der Waals surface area contributed by atoms with Crippen molar-refractivity contribution in [3.8, 4) is 0 Å². The fraction of sp³-hybridized carbons (Fsp3) is 0.545. The zero-order valence-corrected chi connectivity index (χ0v) is 17.3.